The summed E-state index contributed by atoms with van der Waals surface area (Å²) in [4.78, 5) is 21.2. The summed E-state index contributed by atoms with van der Waals surface area (Å²) in [5.74, 6) is 0.834. The molecule has 0 bridgehead atoms. The van der Waals surface area contributed by atoms with Crippen LogP contribution in [0.15, 0.2) is 47.9 Å². The Kier molecular flexibility index (Phi) is 6.28. The van der Waals surface area contributed by atoms with Gasteiger partial charge in [-0.25, -0.2) is 4.98 Å². The number of aryl methyl sites for hydroxylation is 1. The maximum absolute atomic E-state index is 12.3. The Labute approximate surface area is 158 Å². The fourth-order valence-electron chi connectivity index (χ4n) is 2.73. The van der Waals surface area contributed by atoms with Crippen molar-refractivity contribution in [1.29, 1.82) is 0 Å². The molecular formula is C20H24N4OS. The fraction of sp³-hybridized carbons (Fsp3) is 0.350. The van der Waals surface area contributed by atoms with Crippen molar-refractivity contribution in [2.75, 3.05) is 6.54 Å². The lowest BCUT2D eigenvalue weighted by atomic mass is 10.1. The van der Waals surface area contributed by atoms with E-state index in [2.05, 4.69) is 42.3 Å². The number of pyridine rings is 1. The predicted octanol–water partition coefficient (Wildman–Crippen LogP) is 3.95. The number of fused-ring (bicyclic) bond motifs is 1. The van der Waals surface area contributed by atoms with Gasteiger partial charge in [0.2, 0.25) is 5.91 Å². The number of carbonyl (C=O) groups is 1. The first kappa shape index (κ1) is 18.5. The van der Waals surface area contributed by atoms with Crippen LogP contribution in [0.1, 0.15) is 30.9 Å². The highest BCUT2D eigenvalue weighted by atomic mass is 32.2. The van der Waals surface area contributed by atoms with Crippen molar-refractivity contribution < 1.29 is 4.79 Å². The van der Waals surface area contributed by atoms with Crippen molar-refractivity contribution in [3.05, 3.63) is 53.9 Å². The summed E-state index contributed by atoms with van der Waals surface area (Å²) < 4.78 is 1.96. The highest BCUT2D eigenvalue weighted by Crippen LogP contribution is 2.27. The van der Waals surface area contributed by atoms with E-state index in [-0.39, 0.29) is 12.5 Å². The Morgan fingerprint density at radius 2 is 2.12 bits per heavy atom. The lowest BCUT2D eigenvalue weighted by molar-refractivity contribution is -0.121. The summed E-state index contributed by atoms with van der Waals surface area (Å²) in [6, 6.07) is 10.2. The third kappa shape index (κ3) is 4.43. The van der Waals surface area contributed by atoms with Crippen LogP contribution in [0.2, 0.25) is 0 Å². The van der Waals surface area contributed by atoms with E-state index in [1.165, 1.54) is 11.1 Å². The number of benzene rings is 1. The molecule has 26 heavy (non-hydrogen) atoms. The third-order valence-electron chi connectivity index (χ3n) is 4.29. The molecule has 6 heteroatoms. The van der Waals surface area contributed by atoms with Gasteiger partial charge in [0.05, 0.1) is 17.2 Å². The van der Waals surface area contributed by atoms with E-state index >= 15 is 0 Å². The molecule has 3 aromatic rings. The van der Waals surface area contributed by atoms with Gasteiger partial charge in [0.25, 0.3) is 0 Å². The van der Waals surface area contributed by atoms with Crippen LogP contribution < -0.4 is 5.32 Å². The summed E-state index contributed by atoms with van der Waals surface area (Å²) in [6.07, 6.45) is 5.57. The maximum atomic E-state index is 12.3. The van der Waals surface area contributed by atoms with Gasteiger partial charge in [0, 0.05) is 18.5 Å². The smallest absolute Gasteiger partial charge is 0.240 e. The Morgan fingerprint density at radius 1 is 1.27 bits per heavy atom. The molecule has 5 nitrogen and oxygen atoms in total. The number of nitrogens with one attached hydrogen (secondary N) is 1. The van der Waals surface area contributed by atoms with Gasteiger partial charge in [0.1, 0.15) is 6.54 Å². The van der Waals surface area contributed by atoms with Gasteiger partial charge in [-0.1, -0.05) is 49.4 Å². The van der Waals surface area contributed by atoms with Crippen molar-refractivity contribution in [2.24, 2.45) is 0 Å². The quantitative estimate of drug-likeness (QED) is 0.483. The molecule has 0 saturated heterocycles. The highest BCUT2D eigenvalue weighted by Gasteiger charge is 2.14. The van der Waals surface area contributed by atoms with Gasteiger partial charge in [-0.2, -0.15) is 0 Å². The Hall–Kier alpha value is -2.34. The van der Waals surface area contributed by atoms with Crippen molar-refractivity contribution in [1.82, 2.24) is 19.9 Å². The summed E-state index contributed by atoms with van der Waals surface area (Å²) in [7, 11) is 0. The monoisotopic (exact) mass is 368 g/mol. The van der Waals surface area contributed by atoms with Crippen LogP contribution in [-0.4, -0.2) is 27.0 Å². The zero-order valence-electron chi connectivity index (χ0n) is 15.2. The second-order valence-electron chi connectivity index (χ2n) is 6.26. The van der Waals surface area contributed by atoms with E-state index in [1.807, 2.05) is 16.7 Å². The number of carbonyl (C=O) groups excluding carboxylic acids is 1. The first-order valence-corrected chi connectivity index (χ1v) is 9.92. The molecule has 0 spiro atoms. The largest absolute Gasteiger partial charge is 0.355 e. The van der Waals surface area contributed by atoms with Gasteiger partial charge in [-0.15, -0.1) is 0 Å². The number of hydrogen-bond acceptors (Lipinski definition) is 4. The maximum Gasteiger partial charge on any atom is 0.240 e. The zero-order valence-corrected chi connectivity index (χ0v) is 16.1. The number of unbranched alkanes of at least 4 members (excludes halogenated alkanes) is 1. The van der Waals surface area contributed by atoms with Crippen LogP contribution in [0.3, 0.4) is 0 Å². The van der Waals surface area contributed by atoms with Crippen molar-refractivity contribution in [2.45, 2.75) is 44.1 Å². The highest BCUT2D eigenvalue weighted by molar-refractivity contribution is 7.98. The van der Waals surface area contributed by atoms with E-state index in [0.29, 0.717) is 6.54 Å². The molecule has 0 saturated carbocycles. The predicted molar refractivity (Wildman–Crippen MR) is 106 cm³/mol. The normalized spacial score (nSPS) is 11.0. The van der Waals surface area contributed by atoms with Crippen molar-refractivity contribution in [3.8, 4) is 0 Å². The first-order chi connectivity index (χ1) is 12.7. The molecule has 0 radical (unpaired) electrons. The number of hydrogen-bond donors (Lipinski definition) is 1. The summed E-state index contributed by atoms with van der Waals surface area (Å²) in [5.41, 5.74) is 4.31. The molecule has 1 amide bonds. The van der Waals surface area contributed by atoms with Crippen LogP contribution in [0.5, 0.6) is 0 Å². The van der Waals surface area contributed by atoms with Crippen LogP contribution in [0.4, 0.5) is 0 Å². The van der Waals surface area contributed by atoms with Gasteiger partial charge in [-0.3, -0.25) is 9.78 Å². The molecule has 0 aliphatic carbocycles. The lowest BCUT2D eigenvalue weighted by Crippen LogP contribution is -2.28. The molecule has 3 rings (SSSR count). The average Bonchev–Trinajstić information content (AvgIpc) is 2.99. The number of thioether (sulfide) groups is 1. The minimum absolute atomic E-state index is 0.0133. The fourth-order valence-corrected chi connectivity index (χ4v) is 3.82. The standard InChI is InChI=1S/C20H24N4OS/c1-3-4-10-22-19(25)13-24-18-12-21-11-9-17(18)23-20(24)26-14-16-8-6-5-7-15(16)2/h5-9,11-12H,3-4,10,13-14H2,1-2H3,(H,22,25). The van der Waals surface area contributed by atoms with Crippen molar-refractivity contribution >= 4 is 28.7 Å². The first-order valence-electron chi connectivity index (χ1n) is 8.93. The van der Waals surface area contributed by atoms with Gasteiger partial charge in [0.15, 0.2) is 5.16 Å². The summed E-state index contributed by atoms with van der Waals surface area (Å²) in [6.45, 7) is 5.21. The minimum atomic E-state index is 0.0133. The van der Waals surface area contributed by atoms with Crippen LogP contribution in [0.25, 0.3) is 11.0 Å². The second-order valence-corrected chi connectivity index (χ2v) is 7.21. The van der Waals surface area contributed by atoms with Crippen LogP contribution in [0, 0.1) is 6.92 Å². The van der Waals surface area contributed by atoms with Crippen molar-refractivity contribution in [3.63, 3.8) is 0 Å². The van der Waals surface area contributed by atoms with E-state index in [0.717, 1.165) is 34.8 Å². The lowest BCUT2D eigenvalue weighted by Gasteiger charge is -2.10. The Bertz CT molecular complexity index is 890. The second kappa shape index (κ2) is 8.85. The van der Waals surface area contributed by atoms with Crippen LogP contribution >= 0.6 is 11.8 Å². The average molecular weight is 369 g/mol. The third-order valence-corrected chi connectivity index (χ3v) is 5.31. The molecule has 0 aliphatic rings. The summed E-state index contributed by atoms with van der Waals surface area (Å²) >= 11 is 1.65. The molecule has 1 N–H and O–H groups in total. The molecule has 0 unspecified atom stereocenters. The van der Waals surface area contributed by atoms with E-state index < -0.39 is 0 Å². The topological polar surface area (TPSA) is 59.8 Å². The SMILES string of the molecule is CCCCNC(=O)Cn1c(SCc2ccccc2C)nc2ccncc21. The van der Waals surface area contributed by atoms with Crippen LogP contribution in [-0.2, 0) is 17.1 Å². The van der Waals surface area contributed by atoms with E-state index in [4.69, 9.17) is 4.98 Å². The molecule has 0 aliphatic heterocycles. The Morgan fingerprint density at radius 3 is 2.92 bits per heavy atom. The molecule has 136 valence electrons. The molecule has 1 aromatic carbocycles. The number of amides is 1. The number of nitrogens with zero attached hydrogens (tertiary/aromatic N) is 3. The van der Waals surface area contributed by atoms with Gasteiger partial charge in [-0.05, 0) is 30.5 Å². The van der Waals surface area contributed by atoms with Gasteiger partial charge >= 0.3 is 0 Å². The van der Waals surface area contributed by atoms with E-state index in [9.17, 15) is 4.79 Å². The molecular weight excluding hydrogens is 344 g/mol. The van der Waals surface area contributed by atoms with Gasteiger partial charge < -0.3 is 9.88 Å². The van der Waals surface area contributed by atoms with E-state index in [1.54, 1.807) is 24.2 Å². The number of aromatic nitrogens is 3. The number of rotatable bonds is 8. The zero-order chi connectivity index (χ0) is 18.4. The number of imidazole rings is 1. The molecule has 2 aromatic heterocycles. The molecule has 0 fully saturated rings. The molecule has 0 atom stereocenters. The minimum Gasteiger partial charge on any atom is -0.355 e. The Balaban J connectivity index is 1.80. The molecule has 2 heterocycles. The summed E-state index contributed by atoms with van der Waals surface area (Å²) in [5, 5.41) is 3.83.